The van der Waals surface area contributed by atoms with E-state index in [0.29, 0.717) is 0 Å². The zero-order valence-electron chi connectivity index (χ0n) is 6.85. The summed E-state index contributed by atoms with van der Waals surface area (Å²) in [6.45, 7) is 0.0899. The summed E-state index contributed by atoms with van der Waals surface area (Å²) in [6, 6.07) is 1.90. The number of nitrogens with one attached hydrogen (secondary N) is 1. The average molecular weight is 178 g/mol. The number of aliphatic hydroxyl groups is 1. The van der Waals surface area contributed by atoms with Crippen LogP contribution in [-0.2, 0) is 0 Å². The number of aliphatic hydroxyl groups excluding tert-OH is 1. The smallest absolute Gasteiger partial charge is 0.282 e. The number of nitrogens with zero attached hydrogens (tertiary/aromatic N) is 1. The third kappa shape index (κ3) is 4.99. The molecule has 0 saturated carbocycles. The summed E-state index contributed by atoms with van der Waals surface area (Å²) >= 11 is 0. The molecule has 0 aromatic carbocycles. The summed E-state index contributed by atoms with van der Waals surface area (Å²) < 4.78 is 24.6. The highest BCUT2D eigenvalue weighted by molar-refractivity contribution is 4.81. The Labute approximate surface area is 70.0 Å². The van der Waals surface area contributed by atoms with Crippen LogP contribution in [0.15, 0.2) is 0 Å². The van der Waals surface area contributed by atoms with E-state index in [-0.39, 0.29) is 12.5 Å². The monoisotopic (exact) mass is 178 g/mol. The molecule has 0 bridgehead atoms. The Bertz CT molecular complexity index is 167. The quantitative estimate of drug-likeness (QED) is 0.639. The van der Waals surface area contributed by atoms with Crippen LogP contribution >= 0.6 is 0 Å². The molecule has 0 aromatic rings. The molecule has 2 N–H and O–H groups in total. The number of nitriles is 1. The van der Waals surface area contributed by atoms with Crippen LogP contribution in [0.25, 0.3) is 0 Å². The molecule has 0 spiro atoms. The number of rotatable bonds is 5. The molecule has 1 atom stereocenters. The van der Waals surface area contributed by atoms with Crippen LogP contribution in [0.1, 0.15) is 6.92 Å². The van der Waals surface area contributed by atoms with Crippen LogP contribution in [0.3, 0.4) is 0 Å². The first-order chi connectivity index (χ1) is 5.52. The molecule has 0 rings (SSSR count). The van der Waals surface area contributed by atoms with Crippen molar-refractivity contribution in [3.05, 3.63) is 0 Å². The maximum atomic E-state index is 12.3. The van der Waals surface area contributed by atoms with Crippen molar-refractivity contribution < 1.29 is 13.9 Å². The van der Waals surface area contributed by atoms with Crippen molar-refractivity contribution in [1.29, 1.82) is 5.26 Å². The first-order valence-electron chi connectivity index (χ1n) is 3.61. The van der Waals surface area contributed by atoms with Gasteiger partial charge < -0.3 is 10.4 Å². The molecule has 5 heteroatoms. The minimum Gasteiger partial charge on any atom is -0.390 e. The third-order valence-corrected chi connectivity index (χ3v) is 1.29. The fourth-order valence-corrected chi connectivity index (χ4v) is 0.573. The van der Waals surface area contributed by atoms with E-state index in [0.717, 1.165) is 0 Å². The summed E-state index contributed by atoms with van der Waals surface area (Å²) in [5.74, 6) is -3.38. The Morgan fingerprint density at radius 2 is 2.25 bits per heavy atom. The fraction of sp³-hybridized carbons (Fsp3) is 0.857. The van der Waals surface area contributed by atoms with Gasteiger partial charge in [-0.2, -0.15) is 5.26 Å². The van der Waals surface area contributed by atoms with E-state index in [9.17, 15) is 8.78 Å². The zero-order valence-corrected chi connectivity index (χ0v) is 6.85. The molecule has 1 unspecified atom stereocenters. The van der Waals surface area contributed by atoms with E-state index >= 15 is 0 Å². The second-order valence-electron chi connectivity index (χ2n) is 2.68. The molecule has 0 aromatic heterocycles. The molecular weight excluding hydrogens is 166 g/mol. The lowest BCUT2D eigenvalue weighted by molar-refractivity contribution is -0.0476. The lowest BCUT2D eigenvalue weighted by Gasteiger charge is -2.14. The molecule has 0 amide bonds. The van der Waals surface area contributed by atoms with Gasteiger partial charge in [0.25, 0.3) is 5.92 Å². The van der Waals surface area contributed by atoms with Crippen molar-refractivity contribution in [2.75, 3.05) is 19.7 Å². The van der Waals surface area contributed by atoms with Crippen molar-refractivity contribution in [3.8, 4) is 6.07 Å². The number of halogens is 2. The zero-order chi connectivity index (χ0) is 9.61. The molecule has 0 radical (unpaired) electrons. The molecule has 12 heavy (non-hydrogen) atoms. The Morgan fingerprint density at radius 1 is 1.67 bits per heavy atom. The van der Waals surface area contributed by atoms with Gasteiger partial charge in [0.2, 0.25) is 0 Å². The Morgan fingerprint density at radius 3 is 2.67 bits per heavy atom. The van der Waals surface area contributed by atoms with E-state index in [2.05, 4.69) is 5.32 Å². The summed E-state index contributed by atoms with van der Waals surface area (Å²) in [4.78, 5) is 0. The van der Waals surface area contributed by atoms with Crippen LogP contribution in [0.4, 0.5) is 8.78 Å². The second kappa shape index (κ2) is 5.01. The van der Waals surface area contributed by atoms with Crippen LogP contribution in [0.5, 0.6) is 0 Å². The van der Waals surface area contributed by atoms with Crippen molar-refractivity contribution in [1.82, 2.24) is 5.32 Å². The van der Waals surface area contributed by atoms with Gasteiger partial charge in [-0.05, 0) is 6.92 Å². The largest absolute Gasteiger partial charge is 0.390 e. The maximum absolute atomic E-state index is 12.3. The van der Waals surface area contributed by atoms with Crippen molar-refractivity contribution >= 4 is 0 Å². The Balaban J connectivity index is 3.51. The van der Waals surface area contributed by atoms with Gasteiger partial charge in [-0.3, -0.25) is 0 Å². The summed E-state index contributed by atoms with van der Waals surface area (Å²) in [7, 11) is 0. The lowest BCUT2D eigenvalue weighted by Crippen LogP contribution is -2.37. The van der Waals surface area contributed by atoms with Gasteiger partial charge in [0.15, 0.2) is 0 Å². The molecule has 70 valence electrons. The molecule has 0 fully saturated rings. The Hall–Kier alpha value is -0.730. The van der Waals surface area contributed by atoms with Gasteiger partial charge >= 0.3 is 0 Å². The molecular formula is C7H12F2N2O. The highest BCUT2D eigenvalue weighted by Crippen LogP contribution is 2.09. The standard InChI is InChI=1S/C7H12F2N2O/c1-6(2-10)3-11-4-7(8,9)5-12/h6,11-12H,3-5H2,1H3. The van der Waals surface area contributed by atoms with Gasteiger partial charge in [0, 0.05) is 6.54 Å². The predicted molar refractivity (Wildman–Crippen MR) is 39.7 cm³/mol. The van der Waals surface area contributed by atoms with E-state index in [1.54, 1.807) is 6.92 Å². The lowest BCUT2D eigenvalue weighted by atomic mass is 10.2. The van der Waals surface area contributed by atoms with Crippen LogP contribution in [0.2, 0.25) is 0 Å². The van der Waals surface area contributed by atoms with Crippen LogP contribution in [0, 0.1) is 17.2 Å². The van der Waals surface area contributed by atoms with Gasteiger partial charge in [-0.15, -0.1) is 0 Å². The van der Waals surface area contributed by atoms with E-state index in [4.69, 9.17) is 10.4 Å². The second-order valence-corrected chi connectivity index (χ2v) is 2.68. The molecule has 0 saturated heterocycles. The summed E-state index contributed by atoms with van der Waals surface area (Å²) in [5, 5.41) is 18.9. The minimum atomic E-state index is -3.09. The van der Waals surface area contributed by atoms with Crippen molar-refractivity contribution in [3.63, 3.8) is 0 Å². The van der Waals surface area contributed by atoms with Crippen molar-refractivity contribution in [2.45, 2.75) is 12.8 Å². The topological polar surface area (TPSA) is 56.0 Å². The van der Waals surface area contributed by atoms with Gasteiger partial charge in [0.05, 0.1) is 18.5 Å². The van der Waals surface area contributed by atoms with Gasteiger partial charge in [-0.1, -0.05) is 0 Å². The molecule has 0 aliphatic rings. The summed E-state index contributed by atoms with van der Waals surface area (Å²) in [5.41, 5.74) is 0. The summed E-state index contributed by atoms with van der Waals surface area (Å²) in [6.07, 6.45) is 0. The number of hydrogen-bond acceptors (Lipinski definition) is 3. The molecule has 0 aliphatic carbocycles. The van der Waals surface area contributed by atoms with E-state index in [1.807, 2.05) is 6.07 Å². The maximum Gasteiger partial charge on any atom is 0.282 e. The SMILES string of the molecule is CC(C#N)CNCC(F)(F)CO. The normalized spacial score (nSPS) is 13.9. The van der Waals surface area contributed by atoms with Crippen molar-refractivity contribution in [2.24, 2.45) is 5.92 Å². The molecule has 0 aliphatic heterocycles. The van der Waals surface area contributed by atoms with Crippen LogP contribution in [-0.4, -0.2) is 30.7 Å². The van der Waals surface area contributed by atoms with Crippen LogP contribution < -0.4 is 5.32 Å². The average Bonchev–Trinajstić information content (AvgIpc) is 2.04. The van der Waals surface area contributed by atoms with Gasteiger partial charge in [0.1, 0.15) is 6.61 Å². The molecule has 3 nitrogen and oxygen atoms in total. The first kappa shape index (κ1) is 11.3. The third-order valence-electron chi connectivity index (χ3n) is 1.29. The number of hydrogen-bond donors (Lipinski definition) is 2. The predicted octanol–water partition coefficient (Wildman–Crippen LogP) is 0.363. The van der Waals surface area contributed by atoms with E-state index in [1.165, 1.54) is 0 Å². The minimum absolute atomic E-state index is 0.214. The molecule has 0 heterocycles. The highest BCUT2D eigenvalue weighted by atomic mass is 19.3. The first-order valence-corrected chi connectivity index (χ1v) is 3.61. The highest BCUT2D eigenvalue weighted by Gasteiger charge is 2.26. The Kier molecular flexibility index (Phi) is 4.71. The van der Waals surface area contributed by atoms with Gasteiger partial charge in [-0.25, -0.2) is 8.78 Å². The fourth-order valence-electron chi connectivity index (χ4n) is 0.573. The van der Waals surface area contributed by atoms with E-state index < -0.39 is 19.1 Å². The number of alkyl halides is 2.